The number of rotatable bonds is 5. The number of aromatic nitrogens is 2. The van der Waals surface area contributed by atoms with Gasteiger partial charge in [0.1, 0.15) is 0 Å². The van der Waals surface area contributed by atoms with E-state index < -0.39 is 0 Å². The maximum atomic E-state index is 4.33. The van der Waals surface area contributed by atoms with E-state index in [-0.39, 0.29) is 0 Å². The normalized spacial score (nSPS) is 18.8. The molecule has 1 aliphatic rings. The quantitative estimate of drug-likeness (QED) is 0.893. The van der Waals surface area contributed by atoms with Gasteiger partial charge in [0, 0.05) is 44.6 Å². The largest absolute Gasteiger partial charge is 0.338 e. The van der Waals surface area contributed by atoms with Crippen molar-refractivity contribution in [3.8, 4) is 0 Å². The molecule has 5 heteroatoms. The monoisotopic (exact) mass is 291 g/mol. The number of hydrogen-bond donors (Lipinski definition) is 1. The van der Waals surface area contributed by atoms with Crippen molar-refractivity contribution in [2.45, 2.75) is 33.2 Å². The maximum Gasteiger partial charge on any atom is 0.225 e. The van der Waals surface area contributed by atoms with E-state index in [4.69, 9.17) is 0 Å². The molecule has 2 rings (SSSR count). The molecule has 0 radical (unpaired) electrons. The van der Waals surface area contributed by atoms with Gasteiger partial charge in [-0.2, -0.15) is 0 Å². The van der Waals surface area contributed by atoms with E-state index in [0.29, 0.717) is 11.5 Å². The summed E-state index contributed by atoms with van der Waals surface area (Å²) in [4.78, 5) is 13.5. The standard InChI is InChI=1S/C16H29N5/c1-16(2,3)14(17-4)6-9-20-10-12-21(13-11-20)15-18-7-5-8-19-15/h5,7-8,14,17H,6,9-13H2,1-4H3. The minimum Gasteiger partial charge on any atom is -0.338 e. The average Bonchev–Trinajstić information content (AvgIpc) is 2.48. The smallest absolute Gasteiger partial charge is 0.225 e. The number of piperazine rings is 1. The lowest BCUT2D eigenvalue weighted by atomic mass is 9.85. The van der Waals surface area contributed by atoms with Crippen LogP contribution < -0.4 is 10.2 Å². The first-order valence-corrected chi connectivity index (χ1v) is 7.92. The fourth-order valence-corrected chi connectivity index (χ4v) is 2.95. The van der Waals surface area contributed by atoms with Gasteiger partial charge >= 0.3 is 0 Å². The molecule has 1 saturated heterocycles. The first-order chi connectivity index (χ1) is 10.0. The van der Waals surface area contributed by atoms with E-state index in [1.165, 1.54) is 6.42 Å². The molecular weight excluding hydrogens is 262 g/mol. The second-order valence-corrected chi connectivity index (χ2v) is 6.87. The van der Waals surface area contributed by atoms with Gasteiger partial charge in [-0.05, 0) is 31.5 Å². The molecule has 0 amide bonds. The Morgan fingerprint density at radius 2 is 1.76 bits per heavy atom. The lowest BCUT2D eigenvalue weighted by Crippen LogP contribution is -2.49. The first-order valence-electron chi connectivity index (χ1n) is 7.92. The van der Waals surface area contributed by atoms with Crippen LogP contribution in [0.2, 0.25) is 0 Å². The minimum atomic E-state index is 0.314. The van der Waals surface area contributed by atoms with Gasteiger partial charge in [-0.15, -0.1) is 0 Å². The van der Waals surface area contributed by atoms with E-state index in [1.807, 2.05) is 18.5 Å². The molecule has 0 spiro atoms. The number of anilines is 1. The highest BCUT2D eigenvalue weighted by atomic mass is 15.3. The summed E-state index contributed by atoms with van der Waals surface area (Å²) < 4.78 is 0. The van der Waals surface area contributed by atoms with Gasteiger partial charge in [0.2, 0.25) is 5.95 Å². The van der Waals surface area contributed by atoms with Gasteiger partial charge in [0.15, 0.2) is 0 Å². The Kier molecular flexibility index (Phi) is 5.53. The average molecular weight is 291 g/mol. The number of nitrogens with one attached hydrogen (secondary N) is 1. The predicted octanol–water partition coefficient (Wildman–Crippen LogP) is 1.62. The molecule has 1 aromatic heterocycles. The highest BCUT2D eigenvalue weighted by Crippen LogP contribution is 2.22. The van der Waals surface area contributed by atoms with Crippen molar-refractivity contribution >= 4 is 5.95 Å². The van der Waals surface area contributed by atoms with Crippen molar-refractivity contribution in [3.05, 3.63) is 18.5 Å². The second-order valence-electron chi connectivity index (χ2n) is 6.87. The second kappa shape index (κ2) is 7.18. The summed E-state index contributed by atoms with van der Waals surface area (Å²) >= 11 is 0. The highest BCUT2D eigenvalue weighted by molar-refractivity contribution is 5.29. The Morgan fingerprint density at radius 3 is 2.29 bits per heavy atom. The summed E-state index contributed by atoms with van der Waals surface area (Å²) in [5.41, 5.74) is 0.314. The lowest BCUT2D eigenvalue weighted by molar-refractivity contribution is 0.203. The summed E-state index contributed by atoms with van der Waals surface area (Å²) in [6.07, 6.45) is 4.83. The van der Waals surface area contributed by atoms with Crippen LogP contribution >= 0.6 is 0 Å². The van der Waals surface area contributed by atoms with Crippen LogP contribution in [0.5, 0.6) is 0 Å². The molecule has 1 aliphatic heterocycles. The van der Waals surface area contributed by atoms with Crippen molar-refractivity contribution in [2.75, 3.05) is 44.7 Å². The molecule has 2 heterocycles. The maximum absolute atomic E-state index is 4.33. The van der Waals surface area contributed by atoms with Crippen LogP contribution in [0.3, 0.4) is 0 Å². The zero-order chi connectivity index (χ0) is 15.3. The van der Waals surface area contributed by atoms with Crippen LogP contribution in [0.25, 0.3) is 0 Å². The Hall–Kier alpha value is -1.20. The molecule has 118 valence electrons. The summed E-state index contributed by atoms with van der Waals surface area (Å²) in [6, 6.07) is 2.43. The Balaban J connectivity index is 1.77. The van der Waals surface area contributed by atoms with Crippen LogP contribution in [0, 0.1) is 5.41 Å². The van der Waals surface area contributed by atoms with E-state index in [2.05, 4.69) is 52.9 Å². The SMILES string of the molecule is CNC(CCN1CCN(c2ncccn2)CC1)C(C)(C)C. The van der Waals surface area contributed by atoms with Gasteiger partial charge in [0.25, 0.3) is 0 Å². The van der Waals surface area contributed by atoms with Gasteiger partial charge in [-0.3, -0.25) is 4.90 Å². The molecule has 0 saturated carbocycles. The van der Waals surface area contributed by atoms with E-state index in [0.717, 1.165) is 38.7 Å². The third-order valence-electron chi connectivity index (χ3n) is 4.34. The van der Waals surface area contributed by atoms with Crippen molar-refractivity contribution in [2.24, 2.45) is 5.41 Å². The number of nitrogens with zero attached hydrogens (tertiary/aromatic N) is 4. The summed E-state index contributed by atoms with van der Waals surface area (Å²) in [6.45, 7) is 12.3. The molecule has 1 N–H and O–H groups in total. The van der Waals surface area contributed by atoms with Gasteiger partial charge in [-0.1, -0.05) is 20.8 Å². The molecule has 0 aromatic carbocycles. The Bertz CT molecular complexity index is 406. The van der Waals surface area contributed by atoms with Crippen LogP contribution in [0.4, 0.5) is 5.95 Å². The van der Waals surface area contributed by atoms with Crippen LogP contribution in [0.15, 0.2) is 18.5 Å². The first kappa shape index (κ1) is 16.2. The van der Waals surface area contributed by atoms with Crippen molar-refractivity contribution in [3.63, 3.8) is 0 Å². The zero-order valence-corrected chi connectivity index (χ0v) is 13.8. The predicted molar refractivity (Wildman–Crippen MR) is 87.6 cm³/mol. The highest BCUT2D eigenvalue weighted by Gasteiger charge is 2.24. The molecule has 21 heavy (non-hydrogen) atoms. The van der Waals surface area contributed by atoms with Gasteiger partial charge < -0.3 is 10.2 Å². The van der Waals surface area contributed by atoms with E-state index in [9.17, 15) is 0 Å². The third kappa shape index (κ3) is 4.64. The molecule has 1 unspecified atom stereocenters. The molecule has 1 aromatic rings. The van der Waals surface area contributed by atoms with Crippen LogP contribution in [0.1, 0.15) is 27.2 Å². The van der Waals surface area contributed by atoms with Gasteiger partial charge in [0.05, 0.1) is 0 Å². The molecule has 0 bridgehead atoms. The third-order valence-corrected chi connectivity index (χ3v) is 4.34. The summed E-state index contributed by atoms with van der Waals surface area (Å²) in [5, 5.41) is 3.46. The molecule has 0 aliphatic carbocycles. The van der Waals surface area contributed by atoms with Gasteiger partial charge in [-0.25, -0.2) is 9.97 Å². The van der Waals surface area contributed by atoms with Crippen molar-refractivity contribution in [1.29, 1.82) is 0 Å². The summed E-state index contributed by atoms with van der Waals surface area (Å²) in [7, 11) is 2.07. The minimum absolute atomic E-state index is 0.314. The van der Waals surface area contributed by atoms with E-state index >= 15 is 0 Å². The lowest BCUT2D eigenvalue weighted by Gasteiger charge is -2.37. The van der Waals surface area contributed by atoms with E-state index in [1.54, 1.807) is 0 Å². The van der Waals surface area contributed by atoms with Crippen molar-refractivity contribution < 1.29 is 0 Å². The van der Waals surface area contributed by atoms with Crippen LogP contribution in [-0.4, -0.2) is 60.7 Å². The molecule has 1 atom stereocenters. The Labute approximate surface area is 128 Å². The zero-order valence-electron chi connectivity index (χ0n) is 13.8. The summed E-state index contributed by atoms with van der Waals surface area (Å²) in [5.74, 6) is 0.861. The molecular formula is C16H29N5. The number of hydrogen-bond acceptors (Lipinski definition) is 5. The van der Waals surface area contributed by atoms with Crippen molar-refractivity contribution in [1.82, 2.24) is 20.2 Å². The Morgan fingerprint density at radius 1 is 1.14 bits per heavy atom. The van der Waals surface area contributed by atoms with Crippen LogP contribution in [-0.2, 0) is 0 Å². The fourth-order valence-electron chi connectivity index (χ4n) is 2.95. The molecule has 1 fully saturated rings. The fraction of sp³-hybridized carbons (Fsp3) is 0.750. The topological polar surface area (TPSA) is 44.3 Å². The molecule has 5 nitrogen and oxygen atoms in total.